The van der Waals surface area contributed by atoms with Crippen molar-refractivity contribution in [2.24, 2.45) is 11.7 Å². The number of nitrogens with one attached hydrogen (secondary N) is 1. The number of anilines is 2. The molecule has 1 aliphatic heterocycles. The zero-order valence-corrected chi connectivity index (χ0v) is 12.6. The van der Waals surface area contributed by atoms with E-state index in [4.69, 9.17) is 17.3 Å². The first-order chi connectivity index (χ1) is 9.60. The van der Waals surface area contributed by atoms with E-state index in [1.807, 2.05) is 18.2 Å². The zero-order chi connectivity index (χ0) is 14.5. The van der Waals surface area contributed by atoms with Crippen molar-refractivity contribution in [3.05, 3.63) is 23.2 Å². The van der Waals surface area contributed by atoms with E-state index in [9.17, 15) is 4.79 Å². The van der Waals surface area contributed by atoms with Gasteiger partial charge in [-0.25, -0.2) is 0 Å². The van der Waals surface area contributed by atoms with Gasteiger partial charge in [-0.15, -0.1) is 0 Å². The van der Waals surface area contributed by atoms with E-state index in [1.54, 1.807) is 0 Å². The summed E-state index contributed by atoms with van der Waals surface area (Å²) in [4.78, 5) is 14.1. The minimum atomic E-state index is -0.0684. The highest BCUT2D eigenvalue weighted by atomic mass is 35.5. The monoisotopic (exact) mass is 295 g/mol. The maximum Gasteiger partial charge on any atom is 0.225 e. The molecular weight excluding hydrogens is 274 g/mol. The Hall–Kier alpha value is -1.26. The molecule has 20 heavy (non-hydrogen) atoms. The molecule has 1 fully saturated rings. The second kappa shape index (κ2) is 6.95. The lowest BCUT2D eigenvalue weighted by atomic mass is 9.99. The molecule has 2 rings (SSSR count). The van der Waals surface area contributed by atoms with Crippen molar-refractivity contribution in [3.8, 4) is 0 Å². The fourth-order valence-corrected chi connectivity index (χ4v) is 2.81. The molecule has 0 bridgehead atoms. The quantitative estimate of drug-likeness (QED) is 0.898. The number of halogens is 1. The largest absolute Gasteiger partial charge is 0.370 e. The van der Waals surface area contributed by atoms with E-state index in [0.717, 1.165) is 24.5 Å². The summed E-state index contributed by atoms with van der Waals surface area (Å²) in [7, 11) is 0. The van der Waals surface area contributed by atoms with E-state index in [1.165, 1.54) is 12.8 Å². The van der Waals surface area contributed by atoms with Crippen LogP contribution in [-0.4, -0.2) is 25.5 Å². The molecule has 0 aliphatic carbocycles. The van der Waals surface area contributed by atoms with Gasteiger partial charge in [0.25, 0.3) is 0 Å². The molecule has 1 aromatic carbocycles. The maximum atomic E-state index is 11.8. The SMILES string of the molecule is CC1CCCN(c2ccc(Cl)cc2NC(=O)CCN)C1. The zero-order valence-electron chi connectivity index (χ0n) is 11.9. The van der Waals surface area contributed by atoms with Crippen molar-refractivity contribution in [2.45, 2.75) is 26.2 Å². The molecule has 1 saturated heterocycles. The molecule has 0 spiro atoms. The average Bonchev–Trinajstić information content (AvgIpc) is 2.39. The molecular formula is C15H22ClN3O. The normalized spacial score (nSPS) is 18.9. The molecule has 0 radical (unpaired) electrons. The van der Waals surface area contributed by atoms with Gasteiger partial charge in [-0.2, -0.15) is 0 Å². The molecule has 0 aromatic heterocycles. The standard InChI is InChI=1S/C15H22ClN3O/c1-11-3-2-8-19(10-11)14-5-4-12(16)9-13(14)18-15(20)6-7-17/h4-5,9,11H,2-3,6-8,10,17H2,1H3,(H,18,20). The topological polar surface area (TPSA) is 58.4 Å². The van der Waals surface area contributed by atoms with Crippen LogP contribution in [0.3, 0.4) is 0 Å². The van der Waals surface area contributed by atoms with Crippen LogP contribution < -0.4 is 16.0 Å². The first kappa shape index (κ1) is 15.1. The molecule has 1 atom stereocenters. The van der Waals surface area contributed by atoms with Crippen LogP contribution in [0.5, 0.6) is 0 Å². The van der Waals surface area contributed by atoms with Gasteiger partial charge in [0.2, 0.25) is 5.91 Å². The predicted molar refractivity (Wildman–Crippen MR) is 84.4 cm³/mol. The van der Waals surface area contributed by atoms with Crippen LogP contribution in [0.15, 0.2) is 18.2 Å². The molecule has 1 aliphatic rings. The summed E-state index contributed by atoms with van der Waals surface area (Å²) in [6.45, 7) is 4.64. The smallest absolute Gasteiger partial charge is 0.225 e. The molecule has 1 unspecified atom stereocenters. The Bertz CT molecular complexity index is 478. The van der Waals surface area contributed by atoms with Crippen molar-refractivity contribution < 1.29 is 4.79 Å². The molecule has 1 aromatic rings. The van der Waals surface area contributed by atoms with Crippen molar-refractivity contribution >= 4 is 28.9 Å². The van der Waals surface area contributed by atoms with E-state index in [-0.39, 0.29) is 5.91 Å². The number of piperidine rings is 1. The molecule has 0 saturated carbocycles. The van der Waals surface area contributed by atoms with Crippen molar-refractivity contribution in [1.82, 2.24) is 0 Å². The van der Waals surface area contributed by atoms with Crippen LogP contribution >= 0.6 is 11.6 Å². The highest BCUT2D eigenvalue weighted by molar-refractivity contribution is 6.31. The van der Waals surface area contributed by atoms with Gasteiger partial charge in [0.15, 0.2) is 0 Å². The summed E-state index contributed by atoms with van der Waals surface area (Å²) >= 11 is 6.05. The van der Waals surface area contributed by atoms with Gasteiger partial charge in [0.05, 0.1) is 11.4 Å². The number of hydrogen-bond donors (Lipinski definition) is 2. The van der Waals surface area contributed by atoms with E-state index >= 15 is 0 Å². The van der Waals surface area contributed by atoms with E-state index < -0.39 is 0 Å². The summed E-state index contributed by atoms with van der Waals surface area (Å²) in [5.41, 5.74) is 7.24. The van der Waals surface area contributed by atoms with Gasteiger partial charge < -0.3 is 16.0 Å². The Labute approximate surface area is 125 Å². The summed E-state index contributed by atoms with van der Waals surface area (Å²) in [5.74, 6) is 0.605. The minimum absolute atomic E-state index is 0.0684. The fraction of sp³-hybridized carbons (Fsp3) is 0.533. The molecule has 1 amide bonds. The predicted octanol–water partition coefficient (Wildman–Crippen LogP) is 2.86. The van der Waals surface area contributed by atoms with Crippen LogP contribution in [0.4, 0.5) is 11.4 Å². The van der Waals surface area contributed by atoms with Gasteiger partial charge in [-0.1, -0.05) is 18.5 Å². The first-order valence-electron chi connectivity index (χ1n) is 7.14. The third-order valence-corrected chi connectivity index (χ3v) is 3.84. The third-order valence-electron chi connectivity index (χ3n) is 3.60. The number of amides is 1. The Balaban J connectivity index is 2.20. The maximum absolute atomic E-state index is 11.8. The summed E-state index contributed by atoms with van der Waals surface area (Å²) in [6.07, 6.45) is 2.77. The second-order valence-electron chi connectivity index (χ2n) is 5.44. The summed E-state index contributed by atoms with van der Waals surface area (Å²) < 4.78 is 0. The van der Waals surface area contributed by atoms with Crippen LogP contribution in [0.25, 0.3) is 0 Å². The third kappa shape index (κ3) is 3.87. The average molecular weight is 296 g/mol. The molecule has 1 heterocycles. The summed E-state index contributed by atoms with van der Waals surface area (Å²) in [5, 5.41) is 3.55. The fourth-order valence-electron chi connectivity index (χ4n) is 2.64. The number of benzene rings is 1. The lowest BCUT2D eigenvalue weighted by Gasteiger charge is -2.34. The van der Waals surface area contributed by atoms with Crippen LogP contribution in [0.1, 0.15) is 26.2 Å². The molecule has 4 nitrogen and oxygen atoms in total. The van der Waals surface area contributed by atoms with Gasteiger partial charge in [-0.05, 0) is 37.0 Å². The van der Waals surface area contributed by atoms with E-state index in [0.29, 0.717) is 23.9 Å². The van der Waals surface area contributed by atoms with Crippen molar-refractivity contribution in [2.75, 3.05) is 29.9 Å². The lowest BCUT2D eigenvalue weighted by molar-refractivity contribution is -0.116. The summed E-state index contributed by atoms with van der Waals surface area (Å²) in [6, 6.07) is 5.66. The van der Waals surface area contributed by atoms with Gasteiger partial charge >= 0.3 is 0 Å². The number of rotatable bonds is 4. The van der Waals surface area contributed by atoms with Crippen LogP contribution in [0.2, 0.25) is 5.02 Å². The Kier molecular flexibility index (Phi) is 5.26. The lowest BCUT2D eigenvalue weighted by Crippen LogP contribution is -2.35. The number of hydrogen-bond acceptors (Lipinski definition) is 3. The number of nitrogens with two attached hydrogens (primary N) is 1. The number of carbonyl (C=O) groups excluding carboxylic acids is 1. The Morgan fingerprint density at radius 3 is 3.05 bits per heavy atom. The number of carbonyl (C=O) groups is 1. The Morgan fingerprint density at radius 2 is 2.35 bits per heavy atom. The van der Waals surface area contributed by atoms with Crippen molar-refractivity contribution in [1.29, 1.82) is 0 Å². The Morgan fingerprint density at radius 1 is 1.55 bits per heavy atom. The van der Waals surface area contributed by atoms with Crippen molar-refractivity contribution in [3.63, 3.8) is 0 Å². The van der Waals surface area contributed by atoms with Gasteiger partial charge in [-0.3, -0.25) is 4.79 Å². The molecule has 110 valence electrons. The van der Waals surface area contributed by atoms with E-state index in [2.05, 4.69) is 17.1 Å². The minimum Gasteiger partial charge on any atom is -0.370 e. The highest BCUT2D eigenvalue weighted by Gasteiger charge is 2.19. The van der Waals surface area contributed by atoms with Gasteiger partial charge in [0, 0.05) is 31.1 Å². The van der Waals surface area contributed by atoms with Crippen LogP contribution in [0, 0.1) is 5.92 Å². The highest BCUT2D eigenvalue weighted by Crippen LogP contribution is 2.32. The molecule has 5 heteroatoms. The van der Waals surface area contributed by atoms with Gasteiger partial charge in [0.1, 0.15) is 0 Å². The van der Waals surface area contributed by atoms with Crippen LogP contribution in [-0.2, 0) is 4.79 Å². The number of nitrogens with zero attached hydrogens (tertiary/aromatic N) is 1. The molecule has 3 N–H and O–H groups in total. The first-order valence-corrected chi connectivity index (χ1v) is 7.52. The second-order valence-corrected chi connectivity index (χ2v) is 5.88.